The van der Waals surface area contributed by atoms with E-state index in [4.69, 9.17) is 0 Å². The van der Waals surface area contributed by atoms with E-state index >= 15 is 0 Å². The Balaban J connectivity index is 3.48. The molecular formula is C12H20N2O. The second-order valence-electron chi connectivity index (χ2n) is 5.97. The van der Waals surface area contributed by atoms with Crippen molar-refractivity contribution < 1.29 is 0 Å². The normalized spacial score (nSPS) is 12.9. The summed E-state index contributed by atoms with van der Waals surface area (Å²) in [6.45, 7) is 12.5. The van der Waals surface area contributed by atoms with Gasteiger partial charge in [-0.1, -0.05) is 41.5 Å². The minimum atomic E-state index is -0.132. The molecule has 0 unspecified atom stereocenters. The predicted molar refractivity (Wildman–Crippen MR) is 62.3 cm³/mol. The first-order valence-electron chi connectivity index (χ1n) is 5.22. The standard InChI is InChI=1S/C12H20N2O/c1-11(2,3)9-10(12(4,5)6)14-8(15)7-13-9/h7H,1-6H3,(H,14,15). The van der Waals surface area contributed by atoms with E-state index in [9.17, 15) is 4.79 Å². The summed E-state index contributed by atoms with van der Waals surface area (Å²) < 4.78 is 0. The molecule has 1 aromatic rings. The van der Waals surface area contributed by atoms with Gasteiger partial charge in [-0.3, -0.25) is 9.78 Å². The van der Waals surface area contributed by atoms with Crippen LogP contribution in [-0.4, -0.2) is 9.97 Å². The van der Waals surface area contributed by atoms with Gasteiger partial charge in [-0.15, -0.1) is 0 Å². The van der Waals surface area contributed by atoms with Crippen LogP contribution in [0.5, 0.6) is 0 Å². The van der Waals surface area contributed by atoms with Crippen LogP contribution in [0.15, 0.2) is 11.0 Å². The molecule has 84 valence electrons. The SMILES string of the molecule is CC(C)(C)c1ncc(=O)[nH]c1C(C)(C)C. The fourth-order valence-electron chi connectivity index (χ4n) is 1.51. The highest BCUT2D eigenvalue weighted by atomic mass is 16.1. The van der Waals surface area contributed by atoms with E-state index < -0.39 is 0 Å². The Hall–Kier alpha value is -1.12. The van der Waals surface area contributed by atoms with Gasteiger partial charge in [-0.25, -0.2) is 0 Å². The molecular weight excluding hydrogens is 188 g/mol. The van der Waals surface area contributed by atoms with E-state index in [1.165, 1.54) is 6.20 Å². The van der Waals surface area contributed by atoms with Crippen molar-refractivity contribution in [2.75, 3.05) is 0 Å². The number of nitrogens with one attached hydrogen (secondary N) is 1. The Morgan fingerprint density at radius 1 is 1.07 bits per heavy atom. The van der Waals surface area contributed by atoms with Crippen molar-refractivity contribution in [3.8, 4) is 0 Å². The number of aromatic amines is 1. The third-order valence-electron chi connectivity index (χ3n) is 2.26. The Kier molecular flexibility index (Phi) is 2.77. The first-order chi connectivity index (χ1) is 6.62. The highest BCUT2D eigenvalue weighted by Gasteiger charge is 2.27. The van der Waals surface area contributed by atoms with Crippen molar-refractivity contribution in [1.82, 2.24) is 9.97 Å². The predicted octanol–water partition coefficient (Wildman–Crippen LogP) is 2.36. The maximum absolute atomic E-state index is 11.3. The monoisotopic (exact) mass is 208 g/mol. The average molecular weight is 208 g/mol. The summed E-state index contributed by atoms with van der Waals surface area (Å²) in [6.07, 6.45) is 1.36. The van der Waals surface area contributed by atoms with Crippen molar-refractivity contribution in [3.63, 3.8) is 0 Å². The van der Waals surface area contributed by atoms with Crippen molar-refractivity contribution in [2.45, 2.75) is 52.4 Å². The smallest absolute Gasteiger partial charge is 0.266 e. The van der Waals surface area contributed by atoms with E-state index in [2.05, 4.69) is 51.5 Å². The first-order valence-corrected chi connectivity index (χ1v) is 5.22. The molecule has 1 aromatic heterocycles. The van der Waals surface area contributed by atoms with Gasteiger partial charge in [0.05, 0.1) is 11.9 Å². The Morgan fingerprint density at radius 3 is 2.00 bits per heavy atom. The third-order valence-corrected chi connectivity index (χ3v) is 2.26. The average Bonchev–Trinajstić information content (AvgIpc) is 2.00. The zero-order valence-electron chi connectivity index (χ0n) is 10.4. The largest absolute Gasteiger partial charge is 0.323 e. The topological polar surface area (TPSA) is 45.8 Å². The Bertz CT molecular complexity index is 405. The number of hydrogen-bond donors (Lipinski definition) is 1. The lowest BCUT2D eigenvalue weighted by molar-refractivity contribution is 0.496. The van der Waals surface area contributed by atoms with Crippen molar-refractivity contribution in [2.24, 2.45) is 0 Å². The molecule has 0 spiro atoms. The summed E-state index contributed by atoms with van der Waals surface area (Å²) in [5.41, 5.74) is 1.63. The van der Waals surface area contributed by atoms with Gasteiger partial charge in [-0.05, 0) is 0 Å². The van der Waals surface area contributed by atoms with Gasteiger partial charge in [0, 0.05) is 16.5 Å². The lowest BCUT2D eigenvalue weighted by atomic mass is 9.81. The zero-order chi connectivity index (χ0) is 11.9. The highest BCUT2D eigenvalue weighted by molar-refractivity contribution is 5.25. The fraction of sp³-hybridized carbons (Fsp3) is 0.667. The number of H-pyrrole nitrogens is 1. The van der Waals surface area contributed by atoms with Crippen molar-refractivity contribution >= 4 is 0 Å². The van der Waals surface area contributed by atoms with E-state index in [0.29, 0.717) is 0 Å². The van der Waals surface area contributed by atoms with Crippen LogP contribution in [-0.2, 0) is 10.8 Å². The molecule has 15 heavy (non-hydrogen) atoms. The molecule has 0 atom stereocenters. The Labute approximate surface area is 91.0 Å². The van der Waals surface area contributed by atoms with Gasteiger partial charge in [0.25, 0.3) is 5.56 Å². The molecule has 0 radical (unpaired) electrons. The minimum absolute atomic E-state index is 0.0488. The van der Waals surface area contributed by atoms with Gasteiger partial charge in [0.2, 0.25) is 0 Å². The molecule has 3 heteroatoms. The van der Waals surface area contributed by atoms with Crippen LogP contribution >= 0.6 is 0 Å². The maximum Gasteiger partial charge on any atom is 0.266 e. The quantitative estimate of drug-likeness (QED) is 0.711. The molecule has 0 fully saturated rings. The lowest BCUT2D eigenvalue weighted by Crippen LogP contribution is -2.28. The summed E-state index contributed by atoms with van der Waals surface area (Å²) in [7, 11) is 0. The lowest BCUT2D eigenvalue weighted by Gasteiger charge is -2.27. The molecule has 0 aromatic carbocycles. The summed E-state index contributed by atoms with van der Waals surface area (Å²) in [5, 5.41) is 0. The highest BCUT2D eigenvalue weighted by Crippen LogP contribution is 2.29. The summed E-state index contributed by atoms with van der Waals surface area (Å²) >= 11 is 0. The number of rotatable bonds is 0. The fourth-order valence-corrected chi connectivity index (χ4v) is 1.51. The van der Waals surface area contributed by atoms with Crippen LogP contribution in [0.3, 0.4) is 0 Å². The van der Waals surface area contributed by atoms with Gasteiger partial charge in [0.15, 0.2) is 0 Å². The van der Waals surface area contributed by atoms with Crippen LogP contribution in [0.4, 0.5) is 0 Å². The molecule has 0 saturated carbocycles. The van der Waals surface area contributed by atoms with Gasteiger partial charge < -0.3 is 4.98 Å². The number of nitrogens with zero attached hydrogens (tertiary/aromatic N) is 1. The van der Waals surface area contributed by atoms with Crippen LogP contribution in [0.2, 0.25) is 0 Å². The number of aromatic nitrogens is 2. The molecule has 0 aliphatic rings. The number of hydrogen-bond acceptors (Lipinski definition) is 2. The first kappa shape index (κ1) is 12.0. The van der Waals surface area contributed by atoms with Crippen molar-refractivity contribution in [1.29, 1.82) is 0 Å². The van der Waals surface area contributed by atoms with Crippen molar-refractivity contribution in [3.05, 3.63) is 27.9 Å². The van der Waals surface area contributed by atoms with E-state index in [0.717, 1.165) is 11.4 Å². The minimum Gasteiger partial charge on any atom is -0.323 e. The zero-order valence-corrected chi connectivity index (χ0v) is 10.4. The summed E-state index contributed by atoms with van der Waals surface area (Å²) in [4.78, 5) is 18.5. The van der Waals surface area contributed by atoms with Crippen LogP contribution in [0.1, 0.15) is 52.9 Å². The Morgan fingerprint density at radius 2 is 1.60 bits per heavy atom. The molecule has 1 N–H and O–H groups in total. The van der Waals surface area contributed by atoms with Crippen LogP contribution in [0, 0.1) is 0 Å². The molecule has 0 aliphatic carbocycles. The van der Waals surface area contributed by atoms with Gasteiger partial charge >= 0.3 is 0 Å². The van der Waals surface area contributed by atoms with Gasteiger partial charge in [-0.2, -0.15) is 0 Å². The van der Waals surface area contributed by atoms with E-state index in [1.54, 1.807) is 0 Å². The molecule has 0 bridgehead atoms. The van der Waals surface area contributed by atoms with Crippen LogP contribution < -0.4 is 5.56 Å². The summed E-state index contributed by atoms with van der Waals surface area (Å²) in [5.74, 6) is 0. The second kappa shape index (κ2) is 3.47. The maximum atomic E-state index is 11.3. The second-order valence-corrected chi connectivity index (χ2v) is 5.97. The van der Waals surface area contributed by atoms with Crippen LogP contribution in [0.25, 0.3) is 0 Å². The molecule has 3 nitrogen and oxygen atoms in total. The molecule has 0 saturated heterocycles. The van der Waals surface area contributed by atoms with E-state index in [1.807, 2.05) is 0 Å². The van der Waals surface area contributed by atoms with Gasteiger partial charge in [0.1, 0.15) is 0 Å². The molecule has 1 heterocycles. The molecule has 0 amide bonds. The van der Waals surface area contributed by atoms with E-state index in [-0.39, 0.29) is 16.4 Å². The molecule has 0 aliphatic heterocycles. The molecule has 1 rings (SSSR count). The third kappa shape index (κ3) is 2.67. The summed E-state index contributed by atoms with van der Waals surface area (Å²) in [6, 6.07) is 0.